The van der Waals surface area contributed by atoms with Crippen molar-refractivity contribution in [3.63, 3.8) is 0 Å². The summed E-state index contributed by atoms with van der Waals surface area (Å²) >= 11 is 9.19. The van der Waals surface area contributed by atoms with Crippen LogP contribution in [0, 0.1) is 5.92 Å². The fraction of sp³-hybridized carbons (Fsp3) is 0.280. The van der Waals surface area contributed by atoms with Gasteiger partial charge in [0.25, 0.3) is 5.91 Å². The lowest BCUT2D eigenvalue weighted by molar-refractivity contribution is -0.120. The standard InChI is InChI=1S/C25H25ClN6OS2/c1-2-19(28-12-11-17-13-27-15-29-17)23-21(14-34-18-9-7-16(26)8-10-18)31-32(24(23)33)25-30-20-5-3-4-6-22(20)35-25/h3-10,13,15,19,23,28H,2,11-12,14H2,1H3,(H,27,29)/t19-,23-/m0/s1. The molecule has 3 heterocycles. The lowest BCUT2D eigenvalue weighted by atomic mass is 9.93. The van der Waals surface area contributed by atoms with E-state index in [1.807, 2.05) is 54.7 Å². The highest BCUT2D eigenvalue weighted by Gasteiger charge is 2.42. The number of halogens is 1. The molecule has 2 atom stereocenters. The minimum atomic E-state index is -0.353. The molecular weight excluding hydrogens is 500 g/mol. The summed E-state index contributed by atoms with van der Waals surface area (Å²) in [5, 5.41) is 11.2. The number of imidazole rings is 1. The Balaban J connectivity index is 1.38. The van der Waals surface area contributed by atoms with Crippen LogP contribution >= 0.6 is 34.7 Å². The molecule has 4 aromatic rings. The Bertz CT molecular complexity index is 1290. The van der Waals surface area contributed by atoms with Gasteiger partial charge in [0.15, 0.2) is 0 Å². The number of aromatic amines is 1. The third-order valence-electron chi connectivity index (χ3n) is 5.92. The SMILES string of the molecule is CC[C@H](NCCc1cnc[nH]1)[C@@H]1C(=O)N(c2nc3ccccc3s2)N=C1CSc1ccc(Cl)cc1. The molecule has 1 aliphatic heterocycles. The van der Waals surface area contributed by atoms with Crippen LogP contribution in [0.4, 0.5) is 5.13 Å². The number of thioether (sulfide) groups is 1. The van der Waals surface area contributed by atoms with Crippen LogP contribution in [0.15, 0.2) is 71.1 Å². The van der Waals surface area contributed by atoms with Gasteiger partial charge in [-0.25, -0.2) is 9.97 Å². The quantitative estimate of drug-likeness (QED) is 0.271. The maximum absolute atomic E-state index is 13.7. The Labute approximate surface area is 217 Å². The number of para-hydroxylation sites is 1. The molecule has 5 rings (SSSR count). The number of carbonyl (C=O) groups excluding carboxylic acids is 1. The zero-order chi connectivity index (χ0) is 24.2. The number of hydrazone groups is 1. The van der Waals surface area contributed by atoms with Gasteiger partial charge in [0.2, 0.25) is 5.13 Å². The van der Waals surface area contributed by atoms with Crippen molar-refractivity contribution < 1.29 is 4.79 Å². The number of nitrogens with one attached hydrogen (secondary N) is 2. The average molecular weight is 525 g/mol. The predicted molar refractivity (Wildman–Crippen MR) is 145 cm³/mol. The number of nitrogens with zero attached hydrogens (tertiary/aromatic N) is 4. The van der Waals surface area contributed by atoms with Crippen LogP contribution in [0.2, 0.25) is 5.02 Å². The lowest BCUT2D eigenvalue weighted by Gasteiger charge is -2.23. The molecule has 0 saturated carbocycles. The molecule has 1 aliphatic rings. The van der Waals surface area contributed by atoms with Gasteiger partial charge < -0.3 is 10.3 Å². The number of benzene rings is 2. The minimum Gasteiger partial charge on any atom is -0.348 e. The van der Waals surface area contributed by atoms with Gasteiger partial charge in [-0.2, -0.15) is 10.1 Å². The van der Waals surface area contributed by atoms with E-state index in [1.165, 1.54) is 16.3 Å². The first kappa shape index (κ1) is 24.0. The summed E-state index contributed by atoms with van der Waals surface area (Å²) in [6.07, 6.45) is 5.12. The van der Waals surface area contributed by atoms with Crippen LogP contribution in [0.3, 0.4) is 0 Å². The molecule has 0 bridgehead atoms. The van der Waals surface area contributed by atoms with Crippen molar-refractivity contribution in [3.8, 4) is 0 Å². The molecule has 2 aromatic carbocycles. The number of anilines is 1. The van der Waals surface area contributed by atoms with Crippen molar-refractivity contribution in [2.24, 2.45) is 11.0 Å². The van der Waals surface area contributed by atoms with Crippen molar-refractivity contribution in [3.05, 3.63) is 71.8 Å². The number of hydrogen-bond acceptors (Lipinski definition) is 7. The molecule has 2 aromatic heterocycles. The Morgan fingerprint density at radius 3 is 2.80 bits per heavy atom. The van der Waals surface area contributed by atoms with Gasteiger partial charge in [-0.1, -0.05) is 42.0 Å². The van der Waals surface area contributed by atoms with Crippen LogP contribution in [0.1, 0.15) is 19.0 Å². The predicted octanol–water partition coefficient (Wildman–Crippen LogP) is 5.39. The van der Waals surface area contributed by atoms with E-state index >= 15 is 0 Å². The van der Waals surface area contributed by atoms with E-state index in [4.69, 9.17) is 16.7 Å². The summed E-state index contributed by atoms with van der Waals surface area (Å²) in [5.41, 5.74) is 2.80. The zero-order valence-corrected chi connectivity index (χ0v) is 21.5. The summed E-state index contributed by atoms with van der Waals surface area (Å²) in [4.78, 5) is 26.7. The molecule has 7 nitrogen and oxygen atoms in total. The fourth-order valence-corrected chi connectivity index (χ4v) is 6.05. The monoisotopic (exact) mass is 524 g/mol. The Hall–Kier alpha value is -2.72. The maximum atomic E-state index is 13.7. The largest absolute Gasteiger partial charge is 0.348 e. The molecule has 0 spiro atoms. The maximum Gasteiger partial charge on any atom is 0.259 e. The highest BCUT2D eigenvalue weighted by molar-refractivity contribution is 8.00. The Morgan fingerprint density at radius 2 is 2.06 bits per heavy atom. The lowest BCUT2D eigenvalue weighted by Crippen LogP contribution is -2.45. The number of aromatic nitrogens is 3. The van der Waals surface area contributed by atoms with E-state index < -0.39 is 0 Å². The molecule has 35 heavy (non-hydrogen) atoms. The zero-order valence-electron chi connectivity index (χ0n) is 19.1. The van der Waals surface area contributed by atoms with Crippen LogP contribution in [0.25, 0.3) is 10.2 Å². The number of amides is 1. The topological polar surface area (TPSA) is 86.3 Å². The molecule has 2 N–H and O–H groups in total. The van der Waals surface area contributed by atoms with Crippen molar-refractivity contribution in [1.29, 1.82) is 0 Å². The van der Waals surface area contributed by atoms with E-state index in [0.717, 1.165) is 45.9 Å². The van der Waals surface area contributed by atoms with Crippen LogP contribution < -0.4 is 10.3 Å². The number of hydrogen-bond donors (Lipinski definition) is 2. The molecule has 1 amide bonds. The van der Waals surface area contributed by atoms with Crippen LogP contribution in [-0.4, -0.2) is 44.9 Å². The second-order valence-electron chi connectivity index (χ2n) is 8.22. The number of rotatable bonds is 10. The number of thiazole rings is 1. The van der Waals surface area contributed by atoms with E-state index in [9.17, 15) is 4.79 Å². The first-order valence-electron chi connectivity index (χ1n) is 11.5. The van der Waals surface area contributed by atoms with E-state index in [-0.39, 0.29) is 17.9 Å². The van der Waals surface area contributed by atoms with E-state index in [0.29, 0.717) is 15.9 Å². The highest BCUT2D eigenvalue weighted by atomic mass is 35.5. The minimum absolute atomic E-state index is 0.0309. The van der Waals surface area contributed by atoms with Crippen molar-refractivity contribution in [2.45, 2.75) is 30.7 Å². The van der Waals surface area contributed by atoms with Crippen LogP contribution in [0.5, 0.6) is 0 Å². The van der Waals surface area contributed by atoms with Gasteiger partial charge in [-0.3, -0.25) is 4.79 Å². The van der Waals surface area contributed by atoms with E-state index in [2.05, 4.69) is 27.2 Å². The molecule has 0 aliphatic carbocycles. The smallest absolute Gasteiger partial charge is 0.259 e. The molecule has 180 valence electrons. The molecule has 10 heteroatoms. The molecular formula is C25H25ClN6OS2. The second kappa shape index (κ2) is 10.9. The average Bonchev–Trinajstić information content (AvgIpc) is 3.61. The summed E-state index contributed by atoms with van der Waals surface area (Å²) in [5.74, 6) is 0.225. The first-order valence-corrected chi connectivity index (χ1v) is 13.7. The van der Waals surface area contributed by atoms with Gasteiger partial charge >= 0.3 is 0 Å². The molecule has 0 fully saturated rings. The molecule has 0 saturated heterocycles. The van der Waals surface area contributed by atoms with Gasteiger partial charge in [-0.15, -0.1) is 11.8 Å². The van der Waals surface area contributed by atoms with Gasteiger partial charge in [0, 0.05) is 46.6 Å². The highest BCUT2D eigenvalue weighted by Crippen LogP contribution is 2.34. The van der Waals surface area contributed by atoms with E-state index in [1.54, 1.807) is 18.1 Å². The number of fused-ring (bicyclic) bond motifs is 1. The van der Waals surface area contributed by atoms with Crippen molar-refractivity contribution in [1.82, 2.24) is 20.3 Å². The third-order valence-corrected chi connectivity index (χ3v) is 8.23. The normalized spacial score (nSPS) is 16.7. The molecule has 0 unspecified atom stereocenters. The van der Waals surface area contributed by atoms with Gasteiger partial charge in [-0.05, 0) is 42.8 Å². The second-order valence-corrected chi connectivity index (χ2v) is 10.7. The molecule has 0 radical (unpaired) electrons. The van der Waals surface area contributed by atoms with Crippen molar-refractivity contribution >= 4 is 61.7 Å². The third kappa shape index (κ3) is 5.43. The van der Waals surface area contributed by atoms with Crippen LogP contribution in [-0.2, 0) is 11.2 Å². The first-order chi connectivity index (χ1) is 17.1. The number of carbonyl (C=O) groups is 1. The summed E-state index contributed by atoms with van der Waals surface area (Å²) in [6, 6.07) is 15.6. The Kier molecular flexibility index (Phi) is 7.48. The summed E-state index contributed by atoms with van der Waals surface area (Å²) in [7, 11) is 0. The Morgan fingerprint density at radius 1 is 1.23 bits per heavy atom. The van der Waals surface area contributed by atoms with Gasteiger partial charge in [0.1, 0.15) is 0 Å². The van der Waals surface area contributed by atoms with Crippen molar-refractivity contribution in [2.75, 3.05) is 17.3 Å². The van der Waals surface area contributed by atoms with Gasteiger partial charge in [0.05, 0.1) is 28.2 Å². The fourth-order valence-electron chi connectivity index (χ4n) is 4.12. The summed E-state index contributed by atoms with van der Waals surface area (Å²) in [6.45, 7) is 2.84. The summed E-state index contributed by atoms with van der Waals surface area (Å²) < 4.78 is 1.04. The number of H-pyrrole nitrogens is 1.